The molecule has 1 aliphatic rings. The zero-order valence-electron chi connectivity index (χ0n) is 17.1. The first-order chi connectivity index (χ1) is 13.6. The third-order valence-corrected chi connectivity index (χ3v) is 4.11. The van der Waals surface area contributed by atoms with Gasteiger partial charge in [-0.15, -0.1) is 0 Å². The Labute approximate surface area is 170 Å². The Bertz CT molecular complexity index is 834. The fourth-order valence-corrected chi connectivity index (χ4v) is 2.69. The monoisotopic (exact) mass is 399 g/mol. The number of anilines is 3. The minimum atomic E-state index is -0.361. The van der Waals surface area contributed by atoms with E-state index in [0.717, 1.165) is 25.9 Å². The average molecular weight is 399 g/mol. The number of amides is 1. The standard InChI is InChI=1S/C11H12N6.C9H17NO2/c12-7-3-1-6(2-4-7)9(13)8-10(14)16-5-17-11(8)15;1-9(2,3)12-8(11)10-6-4-5-7-10/h1-5,13H,12H2,(H4,14,15,16,17);4-7H2,1-3H3. The van der Waals surface area contributed by atoms with Crippen LogP contribution in [0.3, 0.4) is 0 Å². The van der Waals surface area contributed by atoms with Gasteiger partial charge in [0.15, 0.2) is 0 Å². The number of nitrogens with one attached hydrogen (secondary N) is 1. The van der Waals surface area contributed by atoms with Crippen molar-refractivity contribution in [3.8, 4) is 0 Å². The number of ether oxygens (including phenoxy) is 1. The maximum absolute atomic E-state index is 11.4. The second-order valence-corrected chi connectivity index (χ2v) is 7.69. The molecule has 9 heteroatoms. The smallest absolute Gasteiger partial charge is 0.410 e. The highest BCUT2D eigenvalue weighted by Crippen LogP contribution is 2.19. The Hall–Kier alpha value is -3.36. The van der Waals surface area contributed by atoms with E-state index in [0.29, 0.717) is 16.8 Å². The number of nitrogen functional groups attached to an aromatic ring is 3. The van der Waals surface area contributed by atoms with E-state index < -0.39 is 0 Å². The summed E-state index contributed by atoms with van der Waals surface area (Å²) in [6, 6.07) is 6.87. The summed E-state index contributed by atoms with van der Waals surface area (Å²) in [4.78, 5) is 20.8. The molecule has 1 fully saturated rings. The molecule has 9 nitrogen and oxygen atoms in total. The lowest BCUT2D eigenvalue weighted by Crippen LogP contribution is -2.34. The molecule has 1 saturated heterocycles. The van der Waals surface area contributed by atoms with Crippen LogP contribution in [0.2, 0.25) is 0 Å². The summed E-state index contributed by atoms with van der Waals surface area (Å²) in [5, 5.41) is 8.04. The highest BCUT2D eigenvalue weighted by Gasteiger charge is 2.23. The molecule has 0 bridgehead atoms. The van der Waals surface area contributed by atoms with Crippen LogP contribution in [0.15, 0.2) is 30.6 Å². The number of hydrogen-bond acceptors (Lipinski definition) is 8. The Morgan fingerprint density at radius 2 is 1.55 bits per heavy atom. The molecule has 0 atom stereocenters. The number of hydrogen-bond donors (Lipinski definition) is 4. The number of carbonyl (C=O) groups excluding carboxylic acids is 1. The van der Waals surface area contributed by atoms with Crippen LogP contribution >= 0.6 is 0 Å². The molecule has 0 saturated carbocycles. The van der Waals surface area contributed by atoms with Crippen LogP contribution in [0.25, 0.3) is 0 Å². The van der Waals surface area contributed by atoms with Crippen LogP contribution < -0.4 is 17.2 Å². The van der Waals surface area contributed by atoms with E-state index in [9.17, 15) is 4.79 Å². The summed E-state index contributed by atoms with van der Waals surface area (Å²) in [5.74, 6) is 0.388. The lowest BCUT2D eigenvalue weighted by molar-refractivity contribution is 0.0295. The van der Waals surface area contributed by atoms with Gasteiger partial charge in [-0.1, -0.05) is 12.1 Å². The van der Waals surface area contributed by atoms with Crippen LogP contribution in [0.5, 0.6) is 0 Å². The second kappa shape index (κ2) is 9.22. The van der Waals surface area contributed by atoms with Crippen molar-refractivity contribution in [2.75, 3.05) is 30.3 Å². The molecular weight excluding hydrogens is 370 g/mol. The summed E-state index contributed by atoms with van der Waals surface area (Å²) in [5.41, 5.74) is 18.4. The number of nitrogens with zero attached hydrogens (tertiary/aromatic N) is 3. The van der Waals surface area contributed by atoms with Gasteiger partial charge >= 0.3 is 6.09 Å². The van der Waals surface area contributed by atoms with E-state index in [1.807, 2.05) is 20.8 Å². The van der Waals surface area contributed by atoms with Gasteiger partial charge in [-0.05, 0) is 45.7 Å². The lowest BCUT2D eigenvalue weighted by Gasteiger charge is -2.23. The quantitative estimate of drug-likeness (QED) is 0.446. The molecule has 2 aromatic rings. The van der Waals surface area contributed by atoms with E-state index in [1.54, 1.807) is 29.2 Å². The summed E-state index contributed by atoms with van der Waals surface area (Å²) >= 11 is 0. The maximum Gasteiger partial charge on any atom is 0.410 e. The first-order valence-electron chi connectivity index (χ1n) is 9.37. The summed E-state index contributed by atoms with van der Waals surface area (Å²) < 4.78 is 5.21. The van der Waals surface area contributed by atoms with Crippen molar-refractivity contribution < 1.29 is 9.53 Å². The van der Waals surface area contributed by atoms with Gasteiger partial charge in [-0.2, -0.15) is 0 Å². The minimum absolute atomic E-state index is 0.167. The number of rotatable bonds is 2. The van der Waals surface area contributed by atoms with Gasteiger partial charge in [0.1, 0.15) is 23.6 Å². The van der Waals surface area contributed by atoms with Gasteiger partial charge in [-0.3, -0.25) is 5.41 Å². The first kappa shape index (κ1) is 21.9. The Morgan fingerprint density at radius 3 is 2.03 bits per heavy atom. The molecule has 3 rings (SSSR count). The van der Waals surface area contributed by atoms with Gasteiger partial charge < -0.3 is 26.8 Å². The highest BCUT2D eigenvalue weighted by atomic mass is 16.6. The van der Waals surface area contributed by atoms with Crippen LogP contribution in [-0.2, 0) is 4.74 Å². The molecule has 0 spiro atoms. The number of benzene rings is 1. The molecule has 0 radical (unpaired) electrons. The highest BCUT2D eigenvalue weighted by molar-refractivity contribution is 6.16. The third-order valence-electron chi connectivity index (χ3n) is 4.11. The van der Waals surface area contributed by atoms with Gasteiger partial charge in [0.25, 0.3) is 0 Å². The molecule has 2 heterocycles. The molecule has 0 unspecified atom stereocenters. The van der Waals surface area contributed by atoms with Crippen molar-refractivity contribution in [1.82, 2.24) is 14.9 Å². The molecule has 29 heavy (non-hydrogen) atoms. The molecule has 1 aromatic heterocycles. The lowest BCUT2D eigenvalue weighted by atomic mass is 10.0. The van der Waals surface area contributed by atoms with Crippen LogP contribution in [0.4, 0.5) is 22.1 Å². The predicted octanol–water partition coefficient (Wildman–Crippen LogP) is 2.66. The summed E-state index contributed by atoms with van der Waals surface area (Å²) in [6.45, 7) is 7.38. The fourth-order valence-electron chi connectivity index (χ4n) is 2.69. The van der Waals surface area contributed by atoms with Crippen molar-refractivity contribution in [2.24, 2.45) is 0 Å². The van der Waals surface area contributed by atoms with Gasteiger partial charge in [0.2, 0.25) is 0 Å². The zero-order chi connectivity index (χ0) is 21.6. The van der Waals surface area contributed by atoms with Gasteiger partial charge in [0, 0.05) is 24.3 Å². The minimum Gasteiger partial charge on any atom is -0.444 e. The summed E-state index contributed by atoms with van der Waals surface area (Å²) in [7, 11) is 0. The predicted molar refractivity (Wildman–Crippen MR) is 115 cm³/mol. The fraction of sp³-hybridized carbons (Fsp3) is 0.400. The van der Waals surface area contributed by atoms with E-state index in [1.165, 1.54) is 6.33 Å². The number of carbonyl (C=O) groups is 1. The first-order valence-corrected chi connectivity index (χ1v) is 9.37. The van der Waals surface area contributed by atoms with E-state index in [2.05, 4.69) is 9.97 Å². The van der Waals surface area contributed by atoms with E-state index in [4.69, 9.17) is 27.3 Å². The van der Waals surface area contributed by atoms with Crippen LogP contribution in [0.1, 0.15) is 44.7 Å². The number of likely N-dealkylation sites (tertiary alicyclic amines) is 1. The molecule has 1 amide bonds. The van der Waals surface area contributed by atoms with Crippen molar-refractivity contribution in [3.05, 3.63) is 41.7 Å². The number of aromatic nitrogens is 2. The second-order valence-electron chi connectivity index (χ2n) is 7.69. The van der Waals surface area contributed by atoms with E-state index >= 15 is 0 Å². The molecule has 1 aliphatic heterocycles. The molecule has 156 valence electrons. The third kappa shape index (κ3) is 6.34. The van der Waals surface area contributed by atoms with Crippen molar-refractivity contribution in [3.63, 3.8) is 0 Å². The van der Waals surface area contributed by atoms with E-state index in [-0.39, 0.29) is 29.0 Å². The van der Waals surface area contributed by atoms with Crippen LogP contribution in [-0.4, -0.2) is 45.4 Å². The molecule has 1 aromatic carbocycles. The Balaban J connectivity index is 0.000000221. The zero-order valence-corrected chi connectivity index (χ0v) is 17.1. The normalized spacial score (nSPS) is 13.4. The molecular formula is C20H29N7O2. The largest absolute Gasteiger partial charge is 0.444 e. The SMILES string of the molecule is CC(C)(C)OC(=O)N1CCCC1.N=C(c1ccc(N)cc1)c1c(N)ncnc1N. The maximum atomic E-state index is 11.4. The van der Waals surface area contributed by atoms with Crippen molar-refractivity contribution >= 4 is 29.1 Å². The van der Waals surface area contributed by atoms with Crippen LogP contribution in [0, 0.1) is 5.41 Å². The topological polar surface area (TPSA) is 157 Å². The molecule has 7 N–H and O–H groups in total. The number of nitrogens with two attached hydrogens (primary N) is 3. The Kier molecular flexibility index (Phi) is 6.98. The van der Waals surface area contributed by atoms with Crippen molar-refractivity contribution in [2.45, 2.75) is 39.2 Å². The van der Waals surface area contributed by atoms with Crippen molar-refractivity contribution in [1.29, 1.82) is 5.41 Å². The average Bonchev–Trinajstić information content (AvgIpc) is 3.16. The molecule has 0 aliphatic carbocycles. The summed E-state index contributed by atoms with van der Waals surface area (Å²) in [6.07, 6.45) is 3.32. The van der Waals surface area contributed by atoms with Gasteiger partial charge in [0.05, 0.1) is 11.3 Å². The Morgan fingerprint density at radius 1 is 1.03 bits per heavy atom. The van der Waals surface area contributed by atoms with Gasteiger partial charge in [-0.25, -0.2) is 14.8 Å².